The Morgan fingerprint density at radius 1 is 1.19 bits per heavy atom. The molecule has 1 aliphatic carbocycles. The van der Waals surface area contributed by atoms with Crippen molar-refractivity contribution in [1.82, 2.24) is 29.9 Å². The van der Waals surface area contributed by atoms with Crippen LogP contribution in [0.4, 0.5) is 5.82 Å². The second kappa shape index (κ2) is 8.37. The number of hydrogen-bond donors (Lipinski definition) is 2. The highest BCUT2D eigenvalue weighted by atomic mass is 16.4. The molecule has 0 atom stereocenters. The van der Waals surface area contributed by atoms with Crippen molar-refractivity contribution in [3.8, 4) is 22.9 Å². The van der Waals surface area contributed by atoms with E-state index in [1.54, 1.807) is 10.9 Å². The van der Waals surface area contributed by atoms with Gasteiger partial charge < -0.3 is 10.0 Å². The van der Waals surface area contributed by atoms with Gasteiger partial charge in [-0.2, -0.15) is 10.2 Å². The first-order chi connectivity index (χ1) is 15.5. The van der Waals surface area contributed by atoms with Crippen LogP contribution in [0.3, 0.4) is 0 Å². The van der Waals surface area contributed by atoms with Crippen molar-refractivity contribution in [2.75, 3.05) is 18.0 Å². The summed E-state index contributed by atoms with van der Waals surface area (Å²) in [7, 11) is 1.87. The second-order valence-electron chi connectivity index (χ2n) is 9.28. The van der Waals surface area contributed by atoms with Crippen LogP contribution in [0.25, 0.3) is 22.9 Å². The third kappa shape index (κ3) is 4.11. The maximum Gasteiger partial charge on any atom is 0.303 e. The van der Waals surface area contributed by atoms with E-state index in [0.717, 1.165) is 68.7 Å². The number of aryl methyl sites for hydroxylation is 1. The Labute approximate surface area is 186 Å². The van der Waals surface area contributed by atoms with Crippen LogP contribution in [0.1, 0.15) is 44.9 Å². The Morgan fingerprint density at radius 3 is 2.59 bits per heavy atom. The molecule has 2 N–H and O–H groups in total. The molecule has 0 unspecified atom stereocenters. The summed E-state index contributed by atoms with van der Waals surface area (Å²) in [5, 5.41) is 20.5. The monoisotopic (exact) mass is 435 g/mol. The number of hydrogen-bond acceptors (Lipinski definition) is 6. The van der Waals surface area contributed by atoms with Gasteiger partial charge in [-0.3, -0.25) is 14.6 Å². The van der Waals surface area contributed by atoms with Gasteiger partial charge in [0.25, 0.3) is 0 Å². The van der Waals surface area contributed by atoms with Crippen molar-refractivity contribution in [1.29, 1.82) is 0 Å². The number of aromatic nitrogens is 6. The first kappa shape index (κ1) is 20.7. The average Bonchev–Trinajstić information content (AvgIpc) is 3.45. The molecule has 5 rings (SSSR count). The van der Waals surface area contributed by atoms with Crippen LogP contribution < -0.4 is 4.90 Å². The molecule has 9 nitrogen and oxygen atoms in total. The highest BCUT2D eigenvalue weighted by Crippen LogP contribution is 2.47. The number of anilines is 1. The Bertz CT molecular complexity index is 1070. The van der Waals surface area contributed by atoms with Gasteiger partial charge in [-0.15, -0.1) is 0 Å². The Kier molecular flexibility index (Phi) is 5.40. The van der Waals surface area contributed by atoms with E-state index in [0.29, 0.717) is 29.4 Å². The van der Waals surface area contributed by atoms with Crippen molar-refractivity contribution in [3.05, 3.63) is 30.6 Å². The number of rotatable bonds is 5. The molecule has 0 aromatic carbocycles. The number of carboxylic acid groups (broad SMARTS) is 1. The van der Waals surface area contributed by atoms with Crippen LogP contribution >= 0.6 is 0 Å². The van der Waals surface area contributed by atoms with Gasteiger partial charge in [0.05, 0.1) is 0 Å². The van der Waals surface area contributed by atoms with Crippen molar-refractivity contribution < 1.29 is 9.90 Å². The lowest BCUT2D eigenvalue weighted by atomic mass is 9.65. The van der Waals surface area contributed by atoms with Gasteiger partial charge >= 0.3 is 5.97 Å². The molecule has 9 heteroatoms. The van der Waals surface area contributed by atoms with Gasteiger partial charge in [0.15, 0.2) is 11.6 Å². The van der Waals surface area contributed by atoms with Gasteiger partial charge in [-0.1, -0.05) is 0 Å². The van der Waals surface area contributed by atoms with E-state index in [9.17, 15) is 4.79 Å². The topological polar surface area (TPSA) is 113 Å². The van der Waals surface area contributed by atoms with Gasteiger partial charge in [0.2, 0.25) is 0 Å². The molecule has 1 aliphatic heterocycles. The SMILES string of the molecule is Cn1nccc1-c1nc(-c2ccc(N3CCC4(CCC(CC(=O)O)CC4)CC3)nc2)n[nH]1. The molecule has 2 fully saturated rings. The molecule has 4 heterocycles. The normalized spacial score (nSPS) is 18.8. The molecule has 3 aromatic heterocycles. The lowest BCUT2D eigenvalue weighted by molar-refractivity contribution is -0.138. The zero-order valence-corrected chi connectivity index (χ0v) is 18.4. The summed E-state index contributed by atoms with van der Waals surface area (Å²) < 4.78 is 1.76. The Balaban J connectivity index is 1.19. The van der Waals surface area contributed by atoms with Crippen molar-refractivity contribution in [3.63, 3.8) is 0 Å². The van der Waals surface area contributed by atoms with Crippen LogP contribution in [-0.2, 0) is 11.8 Å². The van der Waals surface area contributed by atoms with Crippen LogP contribution in [-0.4, -0.2) is 54.1 Å². The molecule has 32 heavy (non-hydrogen) atoms. The summed E-state index contributed by atoms with van der Waals surface area (Å²) in [6.07, 6.45) is 10.6. The zero-order valence-electron chi connectivity index (χ0n) is 18.4. The van der Waals surface area contributed by atoms with Gasteiger partial charge in [-0.25, -0.2) is 9.97 Å². The van der Waals surface area contributed by atoms with Gasteiger partial charge in [-0.05, 0) is 68.1 Å². The maximum atomic E-state index is 11.0. The minimum atomic E-state index is -0.659. The van der Waals surface area contributed by atoms with E-state index in [-0.39, 0.29) is 0 Å². The number of nitrogens with zero attached hydrogens (tertiary/aromatic N) is 6. The van der Waals surface area contributed by atoms with Crippen molar-refractivity contribution in [2.24, 2.45) is 18.4 Å². The third-order valence-electron chi connectivity index (χ3n) is 7.33. The largest absolute Gasteiger partial charge is 0.481 e. The number of nitrogens with one attached hydrogen (secondary N) is 1. The average molecular weight is 436 g/mol. The fourth-order valence-corrected chi connectivity index (χ4v) is 5.27. The first-order valence-corrected chi connectivity index (χ1v) is 11.4. The summed E-state index contributed by atoms with van der Waals surface area (Å²) in [6.45, 7) is 2.00. The third-order valence-corrected chi connectivity index (χ3v) is 7.33. The number of carboxylic acids is 1. The fraction of sp³-hybridized carbons (Fsp3) is 0.522. The molecule has 3 aromatic rings. The van der Waals surface area contributed by atoms with E-state index in [4.69, 9.17) is 10.1 Å². The van der Waals surface area contributed by atoms with Crippen LogP contribution in [0.2, 0.25) is 0 Å². The summed E-state index contributed by atoms with van der Waals surface area (Å²) in [5.41, 5.74) is 2.16. The summed E-state index contributed by atoms with van der Waals surface area (Å²) in [6, 6.07) is 5.98. The summed E-state index contributed by atoms with van der Waals surface area (Å²) in [4.78, 5) is 22.6. The maximum absolute atomic E-state index is 11.0. The minimum absolute atomic E-state index is 0.326. The second-order valence-corrected chi connectivity index (χ2v) is 9.28. The number of H-pyrrole nitrogens is 1. The standard InChI is InChI=1S/C23H29N7O2/c1-29-18(6-11-25-29)22-26-21(27-28-22)17-2-3-19(24-15-17)30-12-9-23(10-13-30)7-4-16(5-8-23)14-20(31)32/h2-3,6,11,15-16H,4-5,7-10,12-14H2,1H3,(H,31,32)(H,26,27,28). The van der Waals surface area contributed by atoms with E-state index >= 15 is 0 Å². The molecule has 168 valence electrons. The molecule has 1 saturated heterocycles. The lowest BCUT2D eigenvalue weighted by Gasteiger charge is -2.46. The number of pyridine rings is 1. The number of carbonyl (C=O) groups is 1. The highest BCUT2D eigenvalue weighted by molar-refractivity contribution is 5.67. The lowest BCUT2D eigenvalue weighted by Crippen LogP contribution is -2.42. The number of aliphatic carboxylic acids is 1. The van der Waals surface area contributed by atoms with Gasteiger partial charge in [0, 0.05) is 44.5 Å². The molecule has 1 spiro atoms. The smallest absolute Gasteiger partial charge is 0.303 e. The summed E-state index contributed by atoms with van der Waals surface area (Å²) in [5.74, 6) is 2.00. The Hall–Kier alpha value is -3.23. The molecule has 0 radical (unpaired) electrons. The highest BCUT2D eigenvalue weighted by Gasteiger charge is 2.38. The Morgan fingerprint density at radius 2 is 1.97 bits per heavy atom. The van der Waals surface area contributed by atoms with Crippen LogP contribution in [0.5, 0.6) is 0 Å². The van der Waals surface area contributed by atoms with E-state index in [1.165, 1.54) is 0 Å². The van der Waals surface area contributed by atoms with Crippen LogP contribution in [0.15, 0.2) is 30.6 Å². The fourth-order valence-electron chi connectivity index (χ4n) is 5.27. The van der Waals surface area contributed by atoms with E-state index in [2.05, 4.69) is 31.2 Å². The molecule has 0 amide bonds. The number of piperidine rings is 1. The minimum Gasteiger partial charge on any atom is -0.481 e. The molecular formula is C23H29N7O2. The summed E-state index contributed by atoms with van der Waals surface area (Å²) >= 11 is 0. The van der Waals surface area contributed by atoms with Crippen LogP contribution in [0, 0.1) is 11.3 Å². The van der Waals surface area contributed by atoms with Gasteiger partial charge in [0.1, 0.15) is 11.5 Å². The quantitative estimate of drug-likeness (QED) is 0.630. The van der Waals surface area contributed by atoms with E-state index in [1.807, 2.05) is 25.4 Å². The zero-order chi connectivity index (χ0) is 22.1. The van der Waals surface area contributed by atoms with Crippen molar-refractivity contribution in [2.45, 2.75) is 44.9 Å². The predicted octanol–water partition coefficient (Wildman–Crippen LogP) is 3.52. The first-order valence-electron chi connectivity index (χ1n) is 11.4. The predicted molar refractivity (Wildman–Crippen MR) is 120 cm³/mol. The molecule has 0 bridgehead atoms. The molecular weight excluding hydrogens is 406 g/mol. The number of aromatic amines is 1. The van der Waals surface area contributed by atoms with E-state index < -0.39 is 5.97 Å². The van der Waals surface area contributed by atoms with Crippen molar-refractivity contribution >= 4 is 11.8 Å². The molecule has 1 saturated carbocycles. The molecule has 2 aliphatic rings.